The standard InChI is InChI=1S/C21H30O2Si/c1-17(23-24(5,6)21(2,3)4)19-12-14-20(15-13-19)22-16-18-10-8-7-9-11-18/h7-15,17H,16H2,1-6H3. The molecule has 1 unspecified atom stereocenters. The van der Waals surface area contributed by atoms with Crippen molar-refractivity contribution in [3.05, 3.63) is 65.7 Å². The molecule has 0 aliphatic carbocycles. The van der Waals surface area contributed by atoms with Gasteiger partial charge < -0.3 is 9.16 Å². The summed E-state index contributed by atoms with van der Waals surface area (Å²) in [5.74, 6) is 0.891. The third kappa shape index (κ3) is 4.95. The van der Waals surface area contributed by atoms with Crippen LogP contribution in [0.3, 0.4) is 0 Å². The van der Waals surface area contributed by atoms with E-state index in [0.29, 0.717) is 6.61 Å². The van der Waals surface area contributed by atoms with Gasteiger partial charge in [0.2, 0.25) is 0 Å². The van der Waals surface area contributed by atoms with Gasteiger partial charge in [-0.3, -0.25) is 0 Å². The van der Waals surface area contributed by atoms with Crippen LogP contribution < -0.4 is 4.74 Å². The molecule has 2 rings (SSSR count). The van der Waals surface area contributed by atoms with Crippen LogP contribution in [0, 0.1) is 0 Å². The predicted octanol–water partition coefficient (Wildman–Crippen LogP) is 6.35. The Bertz CT molecular complexity index is 627. The fourth-order valence-corrected chi connectivity index (χ4v) is 3.64. The normalized spacial score (nSPS) is 13.6. The lowest BCUT2D eigenvalue weighted by atomic mass is 10.1. The highest BCUT2D eigenvalue weighted by atomic mass is 28.4. The lowest BCUT2D eigenvalue weighted by Crippen LogP contribution is -2.41. The molecule has 2 aromatic carbocycles. The van der Waals surface area contributed by atoms with Gasteiger partial charge >= 0.3 is 0 Å². The van der Waals surface area contributed by atoms with Gasteiger partial charge in [-0.15, -0.1) is 0 Å². The van der Waals surface area contributed by atoms with E-state index in [0.717, 1.165) is 5.75 Å². The summed E-state index contributed by atoms with van der Waals surface area (Å²) in [6, 6.07) is 18.5. The first-order chi connectivity index (χ1) is 11.2. The van der Waals surface area contributed by atoms with Gasteiger partial charge in [0.1, 0.15) is 12.4 Å². The summed E-state index contributed by atoms with van der Waals surface area (Å²) in [5, 5.41) is 0.222. The monoisotopic (exact) mass is 342 g/mol. The zero-order valence-electron chi connectivity index (χ0n) is 15.8. The van der Waals surface area contributed by atoms with Gasteiger partial charge in [-0.2, -0.15) is 0 Å². The first kappa shape index (κ1) is 18.8. The molecule has 0 radical (unpaired) electrons. The second-order valence-corrected chi connectivity index (χ2v) is 12.6. The summed E-state index contributed by atoms with van der Waals surface area (Å²) >= 11 is 0. The largest absolute Gasteiger partial charge is 0.489 e. The molecule has 0 aliphatic heterocycles. The van der Waals surface area contributed by atoms with Crippen LogP contribution in [0.2, 0.25) is 18.1 Å². The Morgan fingerprint density at radius 2 is 1.50 bits per heavy atom. The van der Waals surface area contributed by atoms with Gasteiger partial charge in [0.05, 0.1) is 6.10 Å². The molecule has 0 fully saturated rings. The van der Waals surface area contributed by atoms with Gasteiger partial charge in [0, 0.05) is 0 Å². The number of hydrogen-bond acceptors (Lipinski definition) is 2. The van der Waals surface area contributed by atoms with E-state index >= 15 is 0 Å². The van der Waals surface area contributed by atoms with E-state index in [9.17, 15) is 0 Å². The van der Waals surface area contributed by atoms with Crippen molar-refractivity contribution in [3.63, 3.8) is 0 Å². The summed E-state index contributed by atoms with van der Waals surface area (Å²) in [6.45, 7) is 14.1. The van der Waals surface area contributed by atoms with Crippen molar-refractivity contribution in [1.82, 2.24) is 0 Å². The molecule has 0 spiro atoms. The van der Waals surface area contributed by atoms with E-state index in [4.69, 9.17) is 9.16 Å². The molecule has 0 amide bonds. The zero-order chi connectivity index (χ0) is 17.8. The number of hydrogen-bond donors (Lipinski definition) is 0. The second-order valence-electron chi connectivity index (χ2n) is 7.86. The topological polar surface area (TPSA) is 18.5 Å². The van der Waals surface area contributed by atoms with E-state index in [1.54, 1.807) is 0 Å². The Hall–Kier alpha value is -1.58. The fourth-order valence-electron chi connectivity index (χ4n) is 2.26. The zero-order valence-corrected chi connectivity index (χ0v) is 16.8. The van der Waals surface area contributed by atoms with E-state index in [1.165, 1.54) is 11.1 Å². The maximum atomic E-state index is 6.46. The van der Waals surface area contributed by atoms with Crippen molar-refractivity contribution < 1.29 is 9.16 Å². The molecule has 3 heteroatoms. The highest BCUT2D eigenvalue weighted by Gasteiger charge is 2.38. The fraction of sp³-hybridized carbons (Fsp3) is 0.429. The third-order valence-corrected chi connectivity index (χ3v) is 9.43. The first-order valence-electron chi connectivity index (χ1n) is 8.63. The maximum absolute atomic E-state index is 6.46. The van der Waals surface area contributed by atoms with Crippen molar-refractivity contribution in [2.75, 3.05) is 0 Å². The third-order valence-electron chi connectivity index (χ3n) is 4.88. The van der Waals surface area contributed by atoms with Gasteiger partial charge in [-0.1, -0.05) is 63.2 Å². The molecule has 0 bridgehead atoms. The van der Waals surface area contributed by atoms with E-state index in [1.807, 2.05) is 30.3 Å². The van der Waals surface area contributed by atoms with Crippen molar-refractivity contribution in [3.8, 4) is 5.75 Å². The molecule has 2 nitrogen and oxygen atoms in total. The summed E-state index contributed by atoms with van der Waals surface area (Å²) in [4.78, 5) is 0. The molecule has 0 aromatic heterocycles. The molecule has 2 aromatic rings. The molecule has 130 valence electrons. The van der Waals surface area contributed by atoms with Gasteiger partial charge in [-0.05, 0) is 48.3 Å². The average molecular weight is 343 g/mol. The van der Waals surface area contributed by atoms with Crippen LogP contribution in [0.15, 0.2) is 54.6 Å². The van der Waals surface area contributed by atoms with Crippen LogP contribution in [0.25, 0.3) is 0 Å². The molecule has 0 saturated carbocycles. The highest BCUT2D eigenvalue weighted by Crippen LogP contribution is 2.39. The highest BCUT2D eigenvalue weighted by molar-refractivity contribution is 6.74. The minimum atomic E-state index is -1.75. The summed E-state index contributed by atoms with van der Waals surface area (Å²) in [7, 11) is -1.75. The SMILES string of the molecule is CC(O[Si](C)(C)C(C)(C)C)c1ccc(OCc2ccccc2)cc1. The molecule has 1 atom stereocenters. The molecule has 24 heavy (non-hydrogen) atoms. The Morgan fingerprint density at radius 1 is 0.917 bits per heavy atom. The van der Waals surface area contributed by atoms with Crippen LogP contribution in [0.1, 0.15) is 44.9 Å². The van der Waals surface area contributed by atoms with Gasteiger partial charge in [0.15, 0.2) is 8.32 Å². The van der Waals surface area contributed by atoms with Crippen molar-refractivity contribution in [2.45, 2.75) is 58.5 Å². The number of rotatable bonds is 6. The van der Waals surface area contributed by atoms with Crippen molar-refractivity contribution in [1.29, 1.82) is 0 Å². The van der Waals surface area contributed by atoms with Crippen LogP contribution >= 0.6 is 0 Å². The summed E-state index contributed by atoms with van der Waals surface area (Å²) < 4.78 is 12.3. The predicted molar refractivity (Wildman–Crippen MR) is 104 cm³/mol. The average Bonchev–Trinajstić information content (AvgIpc) is 2.53. The second kappa shape index (κ2) is 7.54. The molecule has 0 saturated heterocycles. The van der Waals surface area contributed by atoms with E-state index in [2.05, 4.69) is 65.1 Å². The van der Waals surface area contributed by atoms with Crippen molar-refractivity contribution >= 4 is 8.32 Å². The van der Waals surface area contributed by atoms with Crippen LogP contribution in [-0.4, -0.2) is 8.32 Å². The molecular weight excluding hydrogens is 312 g/mol. The van der Waals surface area contributed by atoms with Crippen LogP contribution in [-0.2, 0) is 11.0 Å². The number of ether oxygens (including phenoxy) is 1. The molecule has 0 N–H and O–H groups in total. The molecular formula is C21H30O2Si. The minimum Gasteiger partial charge on any atom is -0.489 e. The Labute approximate surface area is 148 Å². The lowest BCUT2D eigenvalue weighted by molar-refractivity contribution is 0.203. The van der Waals surface area contributed by atoms with E-state index in [-0.39, 0.29) is 11.1 Å². The van der Waals surface area contributed by atoms with Crippen molar-refractivity contribution in [2.24, 2.45) is 0 Å². The smallest absolute Gasteiger partial charge is 0.192 e. The quantitative estimate of drug-likeness (QED) is 0.570. The summed E-state index contributed by atoms with van der Waals surface area (Å²) in [6.07, 6.45) is 0.106. The minimum absolute atomic E-state index is 0.106. The number of benzene rings is 2. The first-order valence-corrected chi connectivity index (χ1v) is 11.5. The molecule has 0 aliphatic rings. The van der Waals surface area contributed by atoms with E-state index < -0.39 is 8.32 Å². The Balaban J connectivity index is 1.96. The van der Waals surface area contributed by atoms with Crippen LogP contribution in [0.5, 0.6) is 5.75 Å². The van der Waals surface area contributed by atoms with Gasteiger partial charge in [-0.25, -0.2) is 0 Å². The van der Waals surface area contributed by atoms with Crippen LogP contribution in [0.4, 0.5) is 0 Å². The Morgan fingerprint density at radius 3 is 2.04 bits per heavy atom. The van der Waals surface area contributed by atoms with Gasteiger partial charge in [0.25, 0.3) is 0 Å². The Kier molecular flexibility index (Phi) is 5.89. The molecule has 0 heterocycles. The lowest BCUT2D eigenvalue weighted by Gasteiger charge is -2.38. The maximum Gasteiger partial charge on any atom is 0.192 e. The summed E-state index contributed by atoms with van der Waals surface area (Å²) in [5.41, 5.74) is 2.38.